The van der Waals surface area contributed by atoms with Gasteiger partial charge in [-0.15, -0.1) is 5.10 Å². The molecule has 0 spiro atoms. The Balaban J connectivity index is 1.42. The molecule has 0 radical (unpaired) electrons. The van der Waals surface area contributed by atoms with E-state index >= 15 is 0 Å². The third kappa shape index (κ3) is 4.94. The predicted octanol–water partition coefficient (Wildman–Crippen LogP) is 4.56. The van der Waals surface area contributed by atoms with Gasteiger partial charge in [-0.2, -0.15) is 0 Å². The summed E-state index contributed by atoms with van der Waals surface area (Å²) in [6.45, 7) is 4.07. The quantitative estimate of drug-likeness (QED) is 0.439. The molecule has 0 atom stereocenters. The number of carbonyl (C=O) groups is 1. The molecule has 0 saturated heterocycles. The van der Waals surface area contributed by atoms with Crippen LogP contribution in [0.15, 0.2) is 53.3 Å². The summed E-state index contributed by atoms with van der Waals surface area (Å²) < 4.78 is 25.6. The average molecular weight is 456 g/mol. The minimum atomic E-state index is -0.526. The van der Waals surface area contributed by atoms with Gasteiger partial charge in [-0.05, 0) is 43.7 Å². The van der Waals surface area contributed by atoms with Gasteiger partial charge in [0.15, 0.2) is 5.69 Å². The first kappa shape index (κ1) is 21.5. The fraction of sp³-hybridized carbons (Fsp3) is 0.182. The molecule has 4 rings (SSSR count). The van der Waals surface area contributed by atoms with Crippen molar-refractivity contribution in [2.24, 2.45) is 0 Å². The Labute approximate surface area is 188 Å². The molecule has 0 aliphatic heterocycles. The van der Waals surface area contributed by atoms with E-state index < -0.39 is 11.7 Å². The van der Waals surface area contributed by atoms with E-state index in [1.165, 1.54) is 23.1 Å². The van der Waals surface area contributed by atoms with Crippen molar-refractivity contribution in [2.75, 3.05) is 5.32 Å². The van der Waals surface area contributed by atoms with Crippen molar-refractivity contribution in [3.63, 3.8) is 0 Å². The summed E-state index contributed by atoms with van der Waals surface area (Å²) in [6, 6.07) is 11.7. The molecular formula is C22H19ClFN5O3. The fourth-order valence-corrected chi connectivity index (χ4v) is 3.17. The highest BCUT2D eigenvalue weighted by molar-refractivity contribution is 6.31. The zero-order valence-corrected chi connectivity index (χ0v) is 18.1. The molecule has 0 unspecified atom stereocenters. The van der Waals surface area contributed by atoms with Crippen molar-refractivity contribution in [3.05, 3.63) is 87.8 Å². The topological polar surface area (TPSA) is 95.1 Å². The van der Waals surface area contributed by atoms with E-state index in [9.17, 15) is 9.18 Å². The van der Waals surface area contributed by atoms with Gasteiger partial charge in [-0.25, -0.2) is 14.1 Å². The highest BCUT2D eigenvalue weighted by atomic mass is 35.5. The van der Waals surface area contributed by atoms with E-state index in [4.69, 9.17) is 20.9 Å². The maximum Gasteiger partial charge on any atom is 0.280 e. The SMILES string of the molecule is Cc1ccc(OCc2c(C(=O)Nc3ncn(Cc4ccc(F)cc4Cl)n3)noc2C)cc1. The Morgan fingerprint density at radius 2 is 2.00 bits per heavy atom. The molecule has 0 fully saturated rings. The average Bonchev–Trinajstić information content (AvgIpc) is 3.36. The molecule has 2 heterocycles. The van der Waals surface area contributed by atoms with Gasteiger partial charge in [0.25, 0.3) is 5.91 Å². The summed E-state index contributed by atoms with van der Waals surface area (Å²) in [4.78, 5) is 16.8. The Kier molecular flexibility index (Phi) is 6.18. The molecule has 2 aromatic heterocycles. The molecule has 8 nitrogen and oxygen atoms in total. The second-order valence-electron chi connectivity index (χ2n) is 7.12. The smallest absolute Gasteiger partial charge is 0.280 e. The first-order chi connectivity index (χ1) is 15.4. The van der Waals surface area contributed by atoms with Crippen molar-refractivity contribution in [1.29, 1.82) is 0 Å². The van der Waals surface area contributed by atoms with Crippen LogP contribution >= 0.6 is 11.6 Å². The number of rotatable bonds is 7. The first-order valence-electron chi connectivity index (χ1n) is 9.68. The van der Waals surface area contributed by atoms with Crippen molar-refractivity contribution in [1.82, 2.24) is 19.9 Å². The number of carbonyl (C=O) groups excluding carboxylic acids is 1. The minimum Gasteiger partial charge on any atom is -0.489 e. The predicted molar refractivity (Wildman–Crippen MR) is 115 cm³/mol. The Bertz CT molecular complexity index is 1250. The third-order valence-electron chi connectivity index (χ3n) is 4.71. The molecule has 1 amide bonds. The van der Waals surface area contributed by atoms with Crippen molar-refractivity contribution in [2.45, 2.75) is 27.0 Å². The van der Waals surface area contributed by atoms with Gasteiger partial charge in [0.05, 0.1) is 12.1 Å². The normalized spacial score (nSPS) is 10.9. The summed E-state index contributed by atoms with van der Waals surface area (Å²) in [5.41, 5.74) is 2.40. The number of aromatic nitrogens is 4. The molecule has 164 valence electrons. The molecule has 2 aromatic carbocycles. The third-order valence-corrected chi connectivity index (χ3v) is 5.07. The molecule has 0 aliphatic carbocycles. The van der Waals surface area contributed by atoms with E-state index in [0.717, 1.165) is 5.56 Å². The van der Waals surface area contributed by atoms with E-state index in [2.05, 4.69) is 20.6 Å². The molecule has 0 aliphatic rings. The van der Waals surface area contributed by atoms with Gasteiger partial charge < -0.3 is 9.26 Å². The standard InChI is InChI=1S/C22H19ClFN5O3/c1-13-3-7-17(8-4-13)31-11-18-14(2)32-28-20(18)21(30)26-22-25-12-29(27-22)10-15-5-6-16(24)9-19(15)23/h3-9,12H,10-11H2,1-2H3,(H,26,27,30). The lowest BCUT2D eigenvalue weighted by molar-refractivity contribution is 0.101. The number of nitrogens with zero attached hydrogens (tertiary/aromatic N) is 4. The molecule has 10 heteroatoms. The van der Waals surface area contributed by atoms with Crippen molar-refractivity contribution < 1.29 is 18.4 Å². The molecular weight excluding hydrogens is 437 g/mol. The zero-order valence-electron chi connectivity index (χ0n) is 17.3. The zero-order chi connectivity index (χ0) is 22.7. The largest absolute Gasteiger partial charge is 0.489 e. The van der Waals surface area contributed by atoms with Gasteiger partial charge in [0.1, 0.15) is 30.3 Å². The van der Waals surface area contributed by atoms with Crippen LogP contribution in [0.25, 0.3) is 0 Å². The van der Waals surface area contributed by atoms with Crippen LogP contribution in [0.4, 0.5) is 10.3 Å². The van der Waals surface area contributed by atoms with Crippen LogP contribution in [0.1, 0.15) is 32.9 Å². The maximum absolute atomic E-state index is 13.2. The number of amides is 1. The maximum atomic E-state index is 13.2. The fourth-order valence-electron chi connectivity index (χ4n) is 2.94. The Morgan fingerprint density at radius 1 is 1.22 bits per heavy atom. The van der Waals surface area contributed by atoms with Crippen LogP contribution in [0.5, 0.6) is 5.75 Å². The number of hydrogen-bond acceptors (Lipinski definition) is 6. The summed E-state index contributed by atoms with van der Waals surface area (Å²) >= 11 is 6.05. The van der Waals surface area contributed by atoms with Crippen LogP contribution in [0.2, 0.25) is 5.02 Å². The van der Waals surface area contributed by atoms with Crippen LogP contribution in [0.3, 0.4) is 0 Å². The summed E-state index contributed by atoms with van der Waals surface area (Å²) in [5.74, 6) is 0.283. The lowest BCUT2D eigenvalue weighted by Gasteiger charge is -2.07. The van der Waals surface area contributed by atoms with E-state index in [-0.39, 0.29) is 29.8 Å². The summed E-state index contributed by atoms with van der Waals surface area (Å²) in [6.07, 6.45) is 1.44. The Hall–Kier alpha value is -3.72. The lowest BCUT2D eigenvalue weighted by atomic mass is 10.2. The molecule has 4 aromatic rings. The number of anilines is 1. The van der Waals surface area contributed by atoms with Gasteiger partial charge >= 0.3 is 0 Å². The van der Waals surface area contributed by atoms with Gasteiger partial charge in [0, 0.05) is 5.02 Å². The number of halogens is 2. The van der Waals surface area contributed by atoms with E-state index in [0.29, 0.717) is 22.6 Å². The summed E-state index contributed by atoms with van der Waals surface area (Å²) in [5, 5.41) is 10.9. The highest BCUT2D eigenvalue weighted by Crippen LogP contribution is 2.20. The summed E-state index contributed by atoms with van der Waals surface area (Å²) in [7, 11) is 0. The minimum absolute atomic E-state index is 0.0827. The van der Waals surface area contributed by atoms with Crippen LogP contribution < -0.4 is 10.1 Å². The first-order valence-corrected chi connectivity index (χ1v) is 10.1. The van der Waals surface area contributed by atoms with E-state index in [1.807, 2.05) is 31.2 Å². The Morgan fingerprint density at radius 3 is 2.75 bits per heavy atom. The molecule has 32 heavy (non-hydrogen) atoms. The van der Waals surface area contributed by atoms with Gasteiger partial charge in [-0.3, -0.25) is 10.1 Å². The van der Waals surface area contributed by atoms with E-state index in [1.54, 1.807) is 13.0 Å². The number of ether oxygens (including phenoxy) is 1. The second kappa shape index (κ2) is 9.19. The van der Waals surface area contributed by atoms with Crippen molar-refractivity contribution in [3.8, 4) is 5.75 Å². The number of aryl methyl sites for hydroxylation is 2. The van der Waals surface area contributed by atoms with Crippen molar-refractivity contribution >= 4 is 23.5 Å². The van der Waals surface area contributed by atoms with Crippen LogP contribution in [0, 0.1) is 19.7 Å². The molecule has 0 bridgehead atoms. The van der Waals surface area contributed by atoms with Crippen LogP contribution in [-0.2, 0) is 13.2 Å². The molecule has 0 saturated carbocycles. The second-order valence-corrected chi connectivity index (χ2v) is 7.53. The van der Waals surface area contributed by atoms with Gasteiger partial charge in [0.2, 0.25) is 5.95 Å². The molecule has 1 N–H and O–H groups in total. The number of nitrogens with one attached hydrogen (secondary N) is 1. The number of benzene rings is 2. The van der Waals surface area contributed by atoms with Gasteiger partial charge in [-0.1, -0.05) is 40.5 Å². The lowest BCUT2D eigenvalue weighted by Crippen LogP contribution is -2.16. The monoisotopic (exact) mass is 455 g/mol. The van der Waals surface area contributed by atoms with Crippen LogP contribution in [-0.4, -0.2) is 25.8 Å². The number of hydrogen-bond donors (Lipinski definition) is 1. The highest BCUT2D eigenvalue weighted by Gasteiger charge is 2.21.